The second kappa shape index (κ2) is 9.04. The van der Waals surface area contributed by atoms with E-state index in [1.165, 1.54) is 0 Å². The Kier molecular flexibility index (Phi) is 6.27. The Morgan fingerprint density at radius 1 is 1.07 bits per heavy atom. The highest BCUT2D eigenvalue weighted by molar-refractivity contribution is 5.98. The molecular weight excluding hydrogens is 352 g/mol. The summed E-state index contributed by atoms with van der Waals surface area (Å²) in [5.41, 5.74) is 3.48. The first-order valence-corrected chi connectivity index (χ1v) is 9.24. The molecule has 1 heterocycles. The van der Waals surface area contributed by atoms with E-state index in [4.69, 9.17) is 9.47 Å². The first-order valence-electron chi connectivity index (χ1n) is 9.24. The number of methoxy groups -OCH3 is 1. The molecule has 0 aliphatic rings. The average molecular weight is 376 g/mol. The van der Waals surface area contributed by atoms with Crippen LogP contribution >= 0.6 is 0 Å². The smallest absolute Gasteiger partial charge is 0.255 e. The number of rotatable bonds is 7. The Labute approximate surface area is 165 Å². The van der Waals surface area contributed by atoms with Gasteiger partial charge in [-0.25, -0.2) is 0 Å². The van der Waals surface area contributed by atoms with Crippen molar-refractivity contribution in [2.75, 3.05) is 13.7 Å². The van der Waals surface area contributed by atoms with E-state index in [-0.39, 0.29) is 11.9 Å². The number of ether oxygens (including phenoxy) is 2. The number of carbonyl (C=O) groups is 1. The quantitative estimate of drug-likeness (QED) is 0.652. The minimum atomic E-state index is -0.181. The van der Waals surface area contributed by atoms with E-state index < -0.39 is 0 Å². The third-order valence-electron chi connectivity index (χ3n) is 4.48. The minimum absolute atomic E-state index is 0.169. The largest absolute Gasteiger partial charge is 0.497 e. The molecule has 1 N–H and O–H groups in total. The highest BCUT2D eigenvalue weighted by Gasteiger charge is 2.17. The van der Waals surface area contributed by atoms with Crippen molar-refractivity contribution in [2.45, 2.75) is 19.9 Å². The molecule has 3 aromatic rings. The summed E-state index contributed by atoms with van der Waals surface area (Å²) >= 11 is 0. The van der Waals surface area contributed by atoms with Gasteiger partial charge in [0.2, 0.25) is 0 Å². The van der Waals surface area contributed by atoms with Crippen molar-refractivity contribution in [3.05, 3.63) is 78.1 Å². The zero-order chi connectivity index (χ0) is 19.9. The lowest BCUT2D eigenvalue weighted by molar-refractivity contribution is 0.0936. The molecule has 0 fully saturated rings. The summed E-state index contributed by atoms with van der Waals surface area (Å²) in [6.45, 7) is 4.32. The molecule has 1 aromatic heterocycles. The van der Waals surface area contributed by atoms with Crippen LogP contribution in [0.25, 0.3) is 11.1 Å². The summed E-state index contributed by atoms with van der Waals surface area (Å²) in [6.07, 6.45) is 3.48. The van der Waals surface area contributed by atoms with Crippen molar-refractivity contribution in [1.29, 1.82) is 0 Å². The fraction of sp³-hybridized carbons (Fsp3) is 0.217. The molecule has 0 unspecified atom stereocenters. The van der Waals surface area contributed by atoms with Crippen LogP contribution in [0.3, 0.4) is 0 Å². The Morgan fingerprint density at radius 2 is 1.86 bits per heavy atom. The van der Waals surface area contributed by atoms with Gasteiger partial charge in [0, 0.05) is 12.4 Å². The maximum Gasteiger partial charge on any atom is 0.255 e. The average Bonchev–Trinajstić information content (AvgIpc) is 2.74. The maximum absolute atomic E-state index is 12.9. The summed E-state index contributed by atoms with van der Waals surface area (Å²) in [5, 5.41) is 3.04. The fourth-order valence-corrected chi connectivity index (χ4v) is 2.98. The van der Waals surface area contributed by atoms with Crippen LogP contribution < -0.4 is 14.8 Å². The van der Waals surface area contributed by atoms with Crippen molar-refractivity contribution in [3.8, 4) is 22.6 Å². The van der Waals surface area contributed by atoms with Crippen molar-refractivity contribution in [3.63, 3.8) is 0 Å². The van der Waals surface area contributed by atoms with Crippen LogP contribution in [-0.4, -0.2) is 24.6 Å². The molecule has 5 heteroatoms. The number of benzene rings is 2. The molecule has 3 rings (SSSR count). The lowest BCUT2D eigenvalue weighted by Crippen LogP contribution is -2.27. The first kappa shape index (κ1) is 19.4. The number of nitrogens with zero attached hydrogens (tertiary/aromatic N) is 1. The number of nitrogens with one attached hydrogen (secondary N) is 1. The third-order valence-corrected chi connectivity index (χ3v) is 4.48. The van der Waals surface area contributed by atoms with Gasteiger partial charge in [-0.15, -0.1) is 0 Å². The molecule has 5 nitrogen and oxygen atoms in total. The van der Waals surface area contributed by atoms with Gasteiger partial charge in [0.1, 0.15) is 11.5 Å². The lowest BCUT2D eigenvalue weighted by atomic mass is 10.0. The molecule has 28 heavy (non-hydrogen) atoms. The van der Waals surface area contributed by atoms with Gasteiger partial charge in [-0.3, -0.25) is 9.78 Å². The van der Waals surface area contributed by atoms with Crippen LogP contribution in [0.5, 0.6) is 11.5 Å². The van der Waals surface area contributed by atoms with Gasteiger partial charge >= 0.3 is 0 Å². The number of hydrogen-bond donors (Lipinski definition) is 1. The molecule has 2 aromatic carbocycles. The van der Waals surface area contributed by atoms with Gasteiger partial charge in [-0.05, 0) is 66.9 Å². The number of pyridine rings is 1. The highest BCUT2D eigenvalue weighted by atomic mass is 16.5. The highest BCUT2D eigenvalue weighted by Crippen LogP contribution is 2.28. The van der Waals surface area contributed by atoms with Crippen LogP contribution in [0, 0.1) is 0 Å². The Morgan fingerprint density at radius 3 is 2.57 bits per heavy atom. The molecule has 0 saturated heterocycles. The molecular formula is C23H24N2O3. The molecule has 0 saturated carbocycles. The predicted molar refractivity (Wildman–Crippen MR) is 110 cm³/mol. The zero-order valence-corrected chi connectivity index (χ0v) is 16.3. The topological polar surface area (TPSA) is 60.5 Å². The Balaban J connectivity index is 1.84. The van der Waals surface area contributed by atoms with E-state index >= 15 is 0 Å². The summed E-state index contributed by atoms with van der Waals surface area (Å²) in [7, 11) is 1.63. The summed E-state index contributed by atoms with van der Waals surface area (Å²) in [4.78, 5) is 16.9. The summed E-state index contributed by atoms with van der Waals surface area (Å²) in [6, 6.07) is 17.0. The predicted octanol–water partition coefficient (Wildman–Crippen LogP) is 4.65. The third kappa shape index (κ3) is 4.49. The van der Waals surface area contributed by atoms with E-state index in [0.717, 1.165) is 22.4 Å². The second-order valence-corrected chi connectivity index (χ2v) is 6.35. The van der Waals surface area contributed by atoms with E-state index in [1.54, 1.807) is 25.6 Å². The molecule has 0 radical (unpaired) electrons. The molecule has 0 aliphatic heterocycles. The summed E-state index contributed by atoms with van der Waals surface area (Å²) < 4.78 is 11.0. The molecule has 0 aliphatic carbocycles. The number of aromatic nitrogens is 1. The second-order valence-electron chi connectivity index (χ2n) is 6.35. The molecule has 1 atom stereocenters. The zero-order valence-electron chi connectivity index (χ0n) is 16.3. The van der Waals surface area contributed by atoms with Crippen LogP contribution in [0.1, 0.15) is 35.8 Å². The van der Waals surface area contributed by atoms with Crippen molar-refractivity contribution < 1.29 is 14.3 Å². The molecule has 0 spiro atoms. The number of carbonyl (C=O) groups excluding carboxylic acids is 1. The molecule has 1 amide bonds. The van der Waals surface area contributed by atoms with Gasteiger partial charge in [-0.1, -0.05) is 18.2 Å². The monoisotopic (exact) mass is 376 g/mol. The first-order chi connectivity index (χ1) is 13.6. The van der Waals surface area contributed by atoms with Gasteiger partial charge in [0.25, 0.3) is 5.91 Å². The van der Waals surface area contributed by atoms with Gasteiger partial charge in [-0.2, -0.15) is 0 Å². The van der Waals surface area contributed by atoms with Crippen molar-refractivity contribution in [1.82, 2.24) is 10.3 Å². The van der Waals surface area contributed by atoms with Crippen LogP contribution in [0.15, 0.2) is 67.0 Å². The summed E-state index contributed by atoms with van der Waals surface area (Å²) in [5.74, 6) is 1.14. The van der Waals surface area contributed by atoms with E-state index in [2.05, 4.69) is 10.3 Å². The maximum atomic E-state index is 12.9. The fourth-order valence-electron chi connectivity index (χ4n) is 2.98. The van der Waals surface area contributed by atoms with Crippen molar-refractivity contribution >= 4 is 5.91 Å². The molecule has 0 bridgehead atoms. The van der Waals surface area contributed by atoms with Crippen LogP contribution in [0.2, 0.25) is 0 Å². The normalized spacial score (nSPS) is 11.5. The van der Waals surface area contributed by atoms with Crippen LogP contribution in [-0.2, 0) is 0 Å². The lowest BCUT2D eigenvalue weighted by Gasteiger charge is -2.17. The Hall–Kier alpha value is -3.34. The SMILES string of the molecule is CCOc1cc(-c2ccncc2)ccc1C(=O)N[C@H](C)c1cccc(OC)c1. The standard InChI is InChI=1S/C23H24N2O3/c1-4-28-22-15-19(17-10-12-24-13-11-17)8-9-21(22)23(26)25-16(2)18-6-5-7-20(14-18)27-3/h5-16H,4H2,1-3H3,(H,25,26)/t16-/m1/s1. The number of amides is 1. The van der Waals surface area contributed by atoms with Gasteiger partial charge in [0.05, 0.1) is 25.3 Å². The van der Waals surface area contributed by atoms with E-state index in [1.807, 2.05) is 62.4 Å². The van der Waals surface area contributed by atoms with Crippen molar-refractivity contribution in [2.24, 2.45) is 0 Å². The van der Waals surface area contributed by atoms with Crippen LogP contribution in [0.4, 0.5) is 0 Å². The van der Waals surface area contributed by atoms with E-state index in [9.17, 15) is 4.79 Å². The Bertz CT molecular complexity index is 942. The minimum Gasteiger partial charge on any atom is -0.497 e. The molecule has 144 valence electrons. The van der Waals surface area contributed by atoms with E-state index in [0.29, 0.717) is 17.9 Å². The number of hydrogen-bond acceptors (Lipinski definition) is 4. The van der Waals surface area contributed by atoms with Gasteiger partial charge < -0.3 is 14.8 Å². The van der Waals surface area contributed by atoms with Gasteiger partial charge in [0.15, 0.2) is 0 Å².